The number of hydrogen-bond donors (Lipinski definition) is 1. The Balaban J connectivity index is 1.59. The summed E-state index contributed by atoms with van der Waals surface area (Å²) in [5, 5.41) is 3.55. The van der Waals surface area contributed by atoms with Gasteiger partial charge in [0.05, 0.1) is 12.2 Å². The van der Waals surface area contributed by atoms with Crippen LogP contribution in [0, 0.1) is 11.8 Å². The number of nitrogens with one attached hydrogen (secondary N) is 1. The molecule has 0 amide bonds. The number of hydrogen-bond acceptors (Lipinski definition) is 3. The zero-order valence-corrected chi connectivity index (χ0v) is 11.2. The fourth-order valence-electron chi connectivity index (χ4n) is 4.16. The van der Waals surface area contributed by atoms with E-state index in [4.69, 9.17) is 4.74 Å². The molecule has 0 radical (unpaired) electrons. The molecular formula is C14H26N2O. The summed E-state index contributed by atoms with van der Waals surface area (Å²) < 4.78 is 5.98. The van der Waals surface area contributed by atoms with Gasteiger partial charge in [-0.3, -0.25) is 4.90 Å². The van der Waals surface area contributed by atoms with Gasteiger partial charge in [0.15, 0.2) is 0 Å². The van der Waals surface area contributed by atoms with Crippen molar-refractivity contribution in [2.75, 3.05) is 26.2 Å². The van der Waals surface area contributed by atoms with Crippen LogP contribution in [0.4, 0.5) is 0 Å². The third-order valence-electron chi connectivity index (χ3n) is 5.00. The predicted octanol–water partition coefficient (Wildman–Crippen LogP) is 1.48. The van der Waals surface area contributed by atoms with E-state index in [0.29, 0.717) is 12.2 Å². The van der Waals surface area contributed by atoms with Crippen molar-refractivity contribution in [1.29, 1.82) is 0 Å². The molecule has 0 spiro atoms. The van der Waals surface area contributed by atoms with Crippen LogP contribution in [-0.2, 0) is 4.74 Å². The average Bonchev–Trinajstić information content (AvgIpc) is 2.95. The Hall–Kier alpha value is -0.120. The lowest BCUT2D eigenvalue weighted by Crippen LogP contribution is -2.39. The molecule has 0 aromatic heterocycles. The van der Waals surface area contributed by atoms with E-state index in [9.17, 15) is 0 Å². The second kappa shape index (κ2) is 4.87. The molecule has 3 heteroatoms. The molecule has 3 fully saturated rings. The molecule has 0 aliphatic carbocycles. The summed E-state index contributed by atoms with van der Waals surface area (Å²) in [6.45, 7) is 9.50. The van der Waals surface area contributed by atoms with Gasteiger partial charge in [0.1, 0.15) is 0 Å². The van der Waals surface area contributed by atoms with Gasteiger partial charge in [-0.25, -0.2) is 0 Å². The lowest BCUT2D eigenvalue weighted by molar-refractivity contribution is 0.0258. The van der Waals surface area contributed by atoms with Crippen LogP contribution in [-0.4, -0.2) is 49.3 Å². The largest absolute Gasteiger partial charge is 0.374 e. The molecule has 17 heavy (non-hydrogen) atoms. The quantitative estimate of drug-likeness (QED) is 0.806. The molecule has 3 rings (SSSR count). The maximum absolute atomic E-state index is 5.98. The molecule has 0 saturated carbocycles. The second-order valence-corrected chi connectivity index (χ2v) is 6.16. The van der Waals surface area contributed by atoms with E-state index in [1.165, 1.54) is 45.4 Å². The minimum absolute atomic E-state index is 0.490. The first-order valence-electron chi connectivity index (χ1n) is 7.38. The van der Waals surface area contributed by atoms with Gasteiger partial charge in [0.25, 0.3) is 0 Å². The van der Waals surface area contributed by atoms with E-state index < -0.39 is 0 Å². The first-order chi connectivity index (χ1) is 8.28. The van der Waals surface area contributed by atoms with Crippen molar-refractivity contribution in [2.45, 2.75) is 51.4 Å². The summed E-state index contributed by atoms with van der Waals surface area (Å²) in [5.41, 5.74) is 0. The van der Waals surface area contributed by atoms with E-state index in [1.807, 2.05) is 0 Å². The third kappa shape index (κ3) is 2.25. The Morgan fingerprint density at radius 3 is 2.88 bits per heavy atom. The lowest BCUT2D eigenvalue weighted by atomic mass is 9.93. The monoisotopic (exact) mass is 238 g/mol. The molecule has 0 aromatic rings. The SMILES string of the molecule is CCC1C2CNCC2CN1CC1CCC(C)O1. The first kappa shape index (κ1) is 11.9. The van der Waals surface area contributed by atoms with Crippen LogP contribution in [0.2, 0.25) is 0 Å². The minimum Gasteiger partial charge on any atom is -0.374 e. The zero-order valence-electron chi connectivity index (χ0n) is 11.2. The Bertz CT molecular complexity index is 271. The average molecular weight is 238 g/mol. The van der Waals surface area contributed by atoms with Gasteiger partial charge in [-0.2, -0.15) is 0 Å². The standard InChI is InChI=1S/C14H26N2O/c1-3-14-13-7-15-6-11(13)8-16(14)9-12-5-4-10(2)17-12/h10-15H,3-9H2,1-2H3. The highest BCUT2D eigenvalue weighted by Gasteiger charge is 2.43. The number of nitrogens with zero attached hydrogens (tertiary/aromatic N) is 1. The number of likely N-dealkylation sites (tertiary alicyclic amines) is 1. The van der Waals surface area contributed by atoms with Crippen molar-refractivity contribution in [1.82, 2.24) is 10.2 Å². The number of ether oxygens (including phenoxy) is 1. The van der Waals surface area contributed by atoms with Gasteiger partial charge in [-0.15, -0.1) is 0 Å². The van der Waals surface area contributed by atoms with Gasteiger partial charge < -0.3 is 10.1 Å². The van der Waals surface area contributed by atoms with Crippen molar-refractivity contribution in [3.63, 3.8) is 0 Å². The predicted molar refractivity (Wildman–Crippen MR) is 69.1 cm³/mol. The fourth-order valence-corrected chi connectivity index (χ4v) is 4.16. The lowest BCUT2D eigenvalue weighted by Gasteiger charge is -2.29. The summed E-state index contributed by atoms with van der Waals surface area (Å²) in [4.78, 5) is 2.72. The van der Waals surface area contributed by atoms with Gasteiger partial charge in [-0.05, 0) is 51.1 Å². The van der Waals surface area contributed by atoms with Crippen LogP contribution >= 0.6 is 0 Å². The van der Waals surface area contributed by atoms with Crippen LogP contribution in [0.25, 0.3) is 0 Å². The molecule has 0 bridgehead atoms. The summed E-state index contributed by atoms with van der Waals surface area (Å²) >= 11 is 0. The van der Waals surface area contributed by atoms with Crippen molar-refractivity contribution >= 4 is 0 Å². The maximum atomic E-state index is 5.98. The van der Waals surface area contributed by atoms with Crippen LogP contribution in [0.5, 0.6) is 0 Å². The highest BCUT2D eigenvalue weighted by Crippen LogP contribution is 2.35. The first-order valence-corrected chi connectivity index (χ1v) is 7.38. The van der Waals surface area contributed by atoms with E-state index in [1.54, 1.807) is 0 Å². The molecule has 0 aromatic carbocycles. The Kier molecular flexibility index (Phi) is 3.42. The molecule has 5 atom stereocenters. The van der Waals surface area contributed by atoms with E-state index in [-0.39, 0.29) is 0 Å². The van der Waals surface area contributed by atoms with Crippen LogP contribution in [0.1, 0.15) is 33.1 Å². The molecule has 3 aliphatic heterocycles. The van der Waals surface area contributed by atoms with Gasteiger partial charge >= 0.3 is 0 Å². The number of rotatable bonds is 3. The van der Waals surface area contributed by atoms with Crippen LogP contribution in [0.15, 0.2) is 0 Å². The van der Waals surface area contributed by atoms with Crippen LogP contribution in [0.3, 0.4) is 0 Å². The molecule has 3 aliphatic rings. The van der Waals surface area contributed by atoms with E-state index in [0.717, 1.165) is 17.9 Å². The van der Waals surface area contributed by atoms with Crippen LogP contribution < -0.4 is 5.32 Å². The smallest absolute Gasteiger partial charge is 0.0706 e. The Morgan fingerprint density at radius 1 is 1.29 bits per heavy atom. The molecule has 1 N–H and O–H groups in total. The maximum Gasteiger partial charge on any atom is 0.0706 e. The third-order valence-corrected chi connectivity index (χ3v) is 5.00. The molecule has 3 nitrogen and oxygen atoms in total. The van der Waals surface area contributed by atoms with Crippen molar-refractivity contribution in [3.05, 3.63) is 0 Å². The Morgan fingerprint density at radius 2 is 2.18 bits per heavy atom. The fraction of sp³-hybridized carbons (Fsp3) is 1.00. The molecule has 3 heterocycles. The molecular weight excluding hydrogens is 212 g/mol. The summed E-state index contributed by atoms with van der Waals surface area (Å²) in [6.07, 6.45) is 4.81. The highest BCUT2D eigenvalue weighted by molar-refractivity contribution is 4.98. The topological polar surface area (TPSA) is 24.5 Å². The van der Waals surface area contributed by atoms with Gasteiger partial charge in [-0.1, -0.05) is 6.92 Å². The van der Waals surface area contributed by atoms with Gasteiger partial charge in [0, 0.05) is 19.1 Å². The van der Waals surface area contributed by atoms with Crippen molar-refractivity contribution in [3.8, 4) is 0 Å². The molecule has 5 unspecified atom stereocenters. The zero-order chi connectivity index (χ0) is 11.8. The van der Waals surface area contributed by atoms with E-state index >= 15 is 0 Å². The summed E-state index contributed by atoms with van der Waals surface area (Å²) in [6, 6.07) is 0.800. The van der Waals surface area contributed by atoms with Crippen molar-refractivity contribution in [2.24, 2.45) is 11.8 Å². The van der Waals surface area contributed by atoms with Crippen molar-refractivity contribution < 1.29 is 4.74 Å². The summed E-state index contributed by atoms with van der Waals surface area (Å²) in [7, 11) is 0. The number of fused-ring (bicyclic) bond motifs is 1. The van der Waals surface area contributed by atoms with E-state index in [2.05, 4.69) is 24.1 Å². The Labute approximate surface area is 105 Å². The summed E-state index contributed by atoms with van der Waals surface area (Å²) in [5.74, 6) is 1.80. The molecule has 98 valence electrons. The highest BCUT2D eigenvalue weighted by atomic mass is 16.5. The minimum atomic E-state index is 0.490. The normalized spacial score (nSPS) is 46.6. The van der Waals surface area contributed by atoms with Gasteiger partial charge in [0.2, 0.25) is 0 Å². The second-order valence-electron chi connectivity index (χ2n) is 6.16. The molecule has 3 saturated heterocycles.